The molecule has 2 saturated heterocycles. The van der Waals surface area contributed by atoms with Gasteiger partial charge in [-0.2, -0.15) is 0 Å². The summed E-state index contributed by atoms with van der Waals surface area (Å²) in [6, 6.07) is 7.04. The van der Waals surface area contributed by atoms with Crippen molar-refractivity contribution < 1.29 is 5.11 Å². The second kappa shape index (κ2) is 4.36. The molecular formula is C16H23NO. The van der Waals surface area contributed by atoms with Gasteiger partial charge in [-0.25, -0.2) is 0 Å². The molecule has 18 heavy (non-hydrogen) atoms. The van der Waals surface area contributed by atoms with E-state index in [-0.39, 0.29) is 0 Å². The maximum Gasteiger partial charge on any atom is 0.0923 e. The van der Waals surface area contributed by atoms with Gasteiger partial charge >= 0.3 is 0 Å². The molecule has 1 aromatic rings. The third kappa shape index (κ3) is 1.98. The molecule has 0 aromatic heterocycles. The van der Waals surface area contributed by atoms with Crippen LogP contribution in [0.4, 0.5) is 0 Å². The zero-order valence-corrected chi connectivity index (χ0v) is 11.4. The van der Waals surface area contributed by atoms with Crippen molar-refractivity contribution in [3.63, 3.8) is 0 Å². The van der Waals surface area contributed by atoms with Crippen LogP contribution in [0, 0.1) is 13.8 Å². The minimum atomic E-state index is -0.593. The molecule has 0 radical (unpaired) electrons. The highest BCUT2D eigenvalue weighted by Gasteiger charge is 2.41. The van der Waals surface area contributed by atoms with Crippen molar-refractivity contribution in [2.45, 2.75) is 51.2 Å². The standard InChI is InChI=1S/C16H23NO/c1-12-5-6-14(10-13(12)2)16(18)7-9-17-8-3-4-15(17)11-16/h5-6,10,15,18H,3-4,7-9,11H2,1-2H3. The quantitative estimate of drug-likeness (QED) is 0.822. The van der Waals surface area contributed by atoms with E-state index < -0.39 is 5.60 Å². The second-order valence-electron chi connectivity index (χ2n) is 6.12. The first-order chi connectivity index (χ1) is 8.58. The van der Waals surface area contributed by atoms with Crippen LogP contribution in [-0.4, -0.2) is 29.1 Å². The average Bonchev–Trinajstić information content (AvgIpc) is 2.79. The first-order valence-electron chi connectivity index (χ1n) is 7.13. The van der Waals surface area contributed by atoms with Crippen molar-refractivity contribution in [3.8, 4) is 0 Å². The zero-order chi connectivity index (χ0) is 12.8. The third-order valence-corrected chi connectivity index (χ3v) is 4.93. The van der Waals surface area contributed by atoms with E-state index in [0.717, 1.165) is 24.9 Å². The smallest absolute Gasteiger partial charge is 0.0923 e. The van der Waals surface area contributed by atoms with Crippen molar-refractivity contribution in [1.82, 2.24) is 4.90 Å². The highest BCUT2D eigenvalue weighted by atomic mass is 16.3. The van der Waals surface area contributed by atoms with Crippen LogP contribution in [0.3, 0.4) is 0 Å². The lowest BCUT2D eigenvalue weighted by Gasteiger charge is -2.41. The van der Waals surface area contributed by atoms with Gasteiger partial charge in [0.25, 0.3) is 0 Å². The predicted octanol–water partition coefficient (Wildman–Crippen LogP) is 2.75. The van der Waals surface area contributed by atoms with Gasteiger partial charge in [0.05, 0.1) is 5.60 Å². The summed E-state index contributed by atoms with van der Waals surface area (Å²) in [5, 5.41) is 11.0. The zero-order valence-electron chi connectivity index (χ0n) is 11.4. The lowest BCUT2D eigenvalue weighted by molar-refractivity contribution is -0.0409. The molecule has 98 valence electrons. The van der Waals surface area contributed by atoms with Crippen LogP contribution >= 0.6 is 0 Å². The van der Waals surface area contributed by atoms with Crippen molar-refractivity contribution >= 4 is 0 Å². The molecule has 2 nitrogen and oxygen atoms in total. The molecule has 2 aliphatic rings. The lowest BCUT2D eigenvalue weighted by atomic mass is 9.80. The maximum absolute atomic E-state index is 11.0. The Bertz CT molecular complexity index is 456. The van der Waals surface area contributed by atoms with E-state index in [0.29, 0.717) is 6.04 Å². The van der Waals surface area contributed by atoms with Gasteiger partial charge in [-0.3, -0.25) is 0 Å². The topological polar surface area (TPSA) is 23.5 Å². The Balaban J connectivity index is 1.87. The van der Waals surface area contributed by atoms with E-state index in [1.54, 1.807) is 0 Å². The first-order valence-corrected chi connectivity index (χ1v) is 7.13. The summed E-state index contributed by atoms with van der Waals surface area (Å²) in [6.07, 6.45) is 4.35. The highest BCUT2D eigenvalue weighted by molar-refractivity contribution is 5.33. The van der Waals surface area contributed by atoms with Gasteiger partial charge in [0, 0.05) is 12.6 Å². The van der Waals surface area contributed by atoms with Gasteiger partial charge in [0.2, 0.25) is 0 Å². The normalized spacial score (nSPS) is 32.5. The van der Waals surface area contributed by atoms with E-state index in [1.807, 2.05) is 0 Å². The maximum atomic E-state index is 11.0. The minimum absolute atomic E-state index is 0.593. The number of nitrogens with zero attached hydrogens (tertiary/aromatic N) is 1. The minimum Gasteiger partial charge on any atom is -0.385 e. The molecule has 2 fully saturated rings. The van der Waals surface area contributed by atoms with E-state index in [9.17, 15) is 5.11 Å². The van der Waals surface area contributed by atoms with Crippen molar-refractivity contribution in [1.29, 1.82) is 0 Å². The van der Waals surface area contributed by atoms with Gasteiger partial charge in [-0.05, 0) is 62.8 Å². The Morgan fingerprint density at radius 1 is 1.22 bits per heavy atom. The fourth-order valence-electron chi connectivity index (χ4n) is 3.53. The highest BCUT2D eigenvalue weighted by Crippen LogP contribution is 2.39. The van der Waals surface area contributed by atoms with Crippen LogP contribution in [0.2, 0.25) is 0 Å². The lowest BCUT2D eigenvalue weighted by Crippen LogP contribution is -2.46. The van der Waals surface area contributed by atoms with E-state index in [2.05, 4.69) is 36.9 Å². The summed E-state index contributed by atoms with van der Waals surface area (Å²) in [5.41, 5.74) is 3.12. The number of hydrogen-bond donors (Lipinski definition) is 1. The first kappa shape index (κ1) is 12.2. The van der Waals surface area contributed by atoms with Crippen LogP contribution in [0.5, 0.6) is 0 Å². The fraction of sp³-hybridized carbons (Fsp3) is 0.625. The van der Waals surface area contributed by atoms with Crippen LogP contribution in [-0.2, 0) is 5.60 Å². The second-order valence-corrected chi connectivity index (χ2v) is 6.12. The molecule has 2 aliphatic heterocycles. The predicted molar refractivity (Wildman–Crippen MR) is 73.6 cm³/mol. The summed E-state index contributed by atoms with van der Waals surface area (Å²) in [7, 11) is 0. The van der Waals surface area contributed by atoms with Crippen molar-refractivity contribution in [2.24, 2.45) is 0 Å². The fourth-order valence-corrected chi connectivity index (χ4v) is 3.53. The van der Waals surface area contributed by atoms with Gasteiger partial charge in [0.15, 0.2) is 0 Å². The Morgan fingerprint density at radius 3 is 2.83 bits per heavy atom. The SMILES string of the molecule is Cc1ccc(C2(O)CCN3CCCC3C2)cc1C. The van der Waals surface area contributed by atoms with Crippen molar-refractivity contribution in [2.75, 3.05) is 13.1 Å². The van der Waals surface area contributed by atoms with Crippen LogP contribution < -0.4 is 0 Å². The number of aryl methyl sites for hydroxylation is 2. The number of aliphatic hydroxyl groups is 1. The molecular weight excluding hydrogens is 222 g/mol. The summed E-state index contributed by atoms with van der Waals surface area (Å²) in [6.45, 7) is 6.54. The molecule has 0 saturated carbocycles. The Morgan fingerprint density at radius 2 is 2.06 bits per heavy atom. The van der Waals surface area contributed by atoms with Crippen LogP contribution in [0.15, 0.2) is 18.2 Å². The molecule has 2 unspecified atom stereocenters. The van der Waals surface area contributed by atoms with E-state index >= 15 is 0 Å². The number of rotatable bonds is 1. The molecule has 3 rings (SSSR count). The molecule has 0 bridgehead atoms. The molecule has 2 heteroatoms. The van der Waals surface area contributed by atoms with Crippen LogP contribution in [0.25, 0.3) is 0 Å². The summed E-state index contributed by atoms with van der Waals surface area (Å²) in [5.74, 6) is 0. The van der Waals surface area contributed by atoms with E-state index in [4.69, 9.17) is 0 Å². The van der Waals surface area contributed by atoms with E-state index in [1.165, 1.54) is 30.5 Å². The van der Waals surface area contributed by atoms with Gasteiger partial charge in [0.1, 0.15) is 0 Å². The Hall–Kier alpha value is -0.860. The Labute approximate surface area is 110 Å². The van der Waals surface area contributed by atoms with Crippen molar-refractivity contribution in [3.05, 3.63) is 34.9 Å². The number of fused-ring (bicyclic) bond motifs is 1. The average molecular weight is 245 g/mol. The number of hydrogen-bond acceptors (Lipinski definition) is 2. The largest absolute Gasteiger partial charge is 0.385 e. The molecule has 0 spiro atoms. The van der Waals surface area contributed by atoms with Gasteiger partial charge in [-0.15, -0.1) is 0 Å². The van der Waals surface area contributed by atoms with Crippen LogP contribution in [0.1, 0.15) is 42.4 Å². The van der Waals surface area contributed by atoms with Gasteiger partial charge in [-0.1, -0.05) is 18.2 Å². The number of piperidine rings is 1. The number of benzene rings is 1. The summed E-state index contributed by atoms with van der Waals surface area (Å²) < 4.78 is 0. The Kier molecular flexibility index (Phi) is 2.95. The molecule has 1 N–H and O–H groups in total. The molecule has 0 aliphatic carbocycles. The van der Waals surface area contributed by atoms with Gasteiger partial charge < -0.3 is 10.0 Å². The molecule has 2 atom stereocenters. The summed E-state index contributed by atoms with van der Waals surface area (Å²) in [4.78, 5) is 2.55. The summed E-state index contributed by atoms with van der Waals surface area (Å²) >= 11 is 0. The third-order valence-electron chi connectivity index (χ3n) is 4.93. The molecule has 1 aromatic carbocycles. The molecule has 2 heterocycles. The monoisotopic (exact) mass is 245 g/mol. The molecule has 0 amide bonds.